The minimum Gasteiger partial charge on any atom is -0.475 e. The van der Waals surface area contributed by atoms with Gasteiger partial charge < -0.3 is 14.9 Å². The number of rotatable bonds is 4. The Morgan fingerprint density at radius 1 is 0.944 bits per heavy atom. The molecule has 15 heteroatoms. The van der Waals surface area contributed by atoms with Crippen molar-refractivity contribution in [2.45, 2.75) is 56.7 Å². The van der Waals surface area contributed by atoms with Gasteiger partial charge in [0.25, 0.3) is 0 Å². The topological polar surface area (TPSA) is 108 Å². The standard InChI is InChI=1S/C17H28N4O.2C2HF3O2/c1-19-11-15(10-18-19)13-21-7-3-16-17(21)2-6-20(16)12-14-4-8-22-9-5-14;2*3-2(4,5)1(6)7/h10-11,14,16-17H,2-9,12-13H2,1H3;2*(H,6,7)/t16-,17+;;/m0../s1. The number of carbonyl (C=O) groups is 2. The van der Waals surface area contributed by atoms with E-state index in [1.54, 1.807) is 0 Å². The summed E-state index contributed by atoms with van der Waals surface area (Å²) in [5.41, 5.74) is 1.35. The van der Waals surface area contributed by atoms with E-state index in [2.05, 4.69) is 21.1 Å². The van der Waals surface area contributed by atoms with Gasteiger partial charge in [0.15, 0.2) is 0 Å². The molecule has 4 heterocycles. The highest BCUT2D eigenvalue weighted by Gasteiger charge is 2.43. The highest BCUT2D eigenvalue weighted by atomic mass is 19.4. The first kappa shape index (κ1) is 29.8. The molecule has 0 bridgehead atoms. The Morgan fingerprint density at radius 2 is 1.42 bits per heavy atom. The second-order valence-electron chi connectivity index (χ2n) is 8.86. The number of likely N-dealkylation sites (tertiary alicyclic amines) is 2. The molecular weight excluding hydrogens is 502 g/mol. The highest BCUT2D eigenvalue weighted by Crippen LogP contribution is 2.34. The minimum atomic E-state index is -5.08. The van der Waals surface area contributed by atoms with Crippen LogP contribution in [0.15, 0.2) is 12.4 Å². The van der Waals surface area contributed by atoms with Crippen LogP contribution >= 0.6 is 0 Å². The van der Waals surface area contributed by atoms with Crippen molar-refractivity contribution < 1.29 is 50.9 Å². The molecule has 0 radical (unpaired) electrons. The molecular formula is C21H30F6N4O5. The van der Waals surface area contributed by atoms with E-state index in [-0.39, 0.29) is 0 Å². The molecule has 1 aromatic rings. The molecule has 0 aliphatic carbocycles. The summed E-state index contributed by atoms with van der Waals surface area (Å²) in [6, 6.07) is 1.56. The molecule has 36 heavy (non-hydrogen) atoms. The molecule has 0 saturated carbocycles. The van der Waals surface area contributed by atoms with E-state index >= 15 is 0 Å². The molecule has 3 aliphatic rings. The van der Waals surface area contributed by atoms with E-state index in [1.165, 1.54) is 50.9 Å². The van der Waals surface area contributed by atoms with Gasteiger partial charge >= 0.3 is 24.3 Å². The summed E-state index contributed by atoms with van der Waals surface area (Å²) in [7, 11) is 2.00. The molecule has 0 aromatic carbocycles. The zero-order chi connectivity index (χ0) is 27.1. The first-order chi connectivity index (χ1) is 16.7. The van der Waals surface area contributed by atoms with Gasteiger partial charge in [0.1, 0.15) is 0 Å². The van der Waals surface area contributed by atoms with E-state index < -0.39 is 24.3 Å². The molecule has 0 spiro atoms. The smallest absolute Gasteiger partial charge is 0.475 e. The Kier molecular flexibility index (Phi) is 10.5. The van der Waals surface area contributed by atoms with Crippen LogP contribution in [-0.2, 0) is 27.9 Å². The lowest BCUT2D eigenvalue weighted by atomic mass is 9.99. The molecule has 0 amide bonds. The van der Waals surface area contributed by atoms with E-state index in [0.29, 0.717) is 0 Å². The van der Waals surface area contributed by atoms with Crippen LogP contribution in [0, 0.1) is 5.92 Å². The molecule has 206 valence electrons. The average Bonchev–Trinajstić information content (AvgIpc) is 3.47. The van der Waals surface area contributed by atoms with Gasteiger partial charge in [0.2, 0.25) is 0 Å². The molecule has 1 aromatic heterocycles. The van der Waals surface area contributed by atoms with E-state index in [0.717, 1.165) is 37.8 Å². The SMILES string of the molecule is Cn1cc(CN2CC[C@H]3[C@H]2CCN3CC2CCOCC2)cn1.O=C(O)C(F)(F)F.O=C(O)C(F)(F)F. The van der Waals surface area contributed by atoms with Gasteiger partial charge in [0, 0.05) is 70.3 Å². The summed E-state index contributed by atoms with van der Waals surface area (Å²) in [6.45, 7) is 6.84. The summed E-state index contributed by atoms with van der Waals surface area (Å²) in [5.74, 6) is -4.65. The lowest BCUT2D eigenvalue weighted by Gasteiger charge is -2.30. The van der Waals surface area contributed by atoms with Crippen molar-refractivity contribution in [1.82, 2.24) is 19.6 Å². The maximum Gasteiger partial charge on any atom is 0.490 e. The van der Waals surface area contributed by atoms with Gasteiger partial charge in [-0.2, -0.15) is 31.4 Å². The number of ether oxygens (including phenoxy) is 1. The van der Waals surface area contributed by atoms with Crippen LogP contribution in [-0.4, -0.2) is 99.0 Å². The summed E-state index contributed by atoms with van der Waals surface area (Å²) in [6.07, 6.45) is -0.799. The van der Waals surface area contributed by atoms with Crippen LogP contribution in [0.2, 0.25) is 0 Å². The second kappa shape index (κ2) is 12.7. The maximum absolute atomic E-state index is 10.6. The molecule has 4 rings (SSSR count). The molecule has 3 fully saturated rings. The Hall–Kier alpha value is -2.39. The number of aryl methyl sites for hydroxylation is 1. The predicted octanol–water partition coefficient (Wildman–Crippen LogP) is 2.76. The number of alkyl halides is 6. The zero-order valence-electron chi connectivity index (χ0n) is 19.6. The fraction of sp³-hybridized carbons (Fsp3) is 0.762. The number of carboxylic acid groups (broad SMARTS) is 2. The third kappa shape index (κ3) is 9.24. The summed E-state index contributed by atoms with van der Waals surface area (Å²) in [5, 5.41) is 18.6. The first-order valence-electron chi connectivity index (χ1n) is 11.3. The molecule has 3 saturated heterocycles. The largest absolute Gasteiger partial charge is 0.490 e. The fourth-order valence-corrected chi connectivity index (χ4v) is 4.64. The predicted molar refractivity (Wildman–Crippen MR) is 113 cm³/mol. The van der Waals surface area contributed by atoms with Crippen LogP contribution in [0.5, 0.6) is 0 Å². The second-order valence-corrected chi connectivity index (χ2v) is 8.86. The summed E-state index contributed by atoms with van der Waals surface area (Å²) < 4.78 is 70.9. The van der Waals surface area contributed by atoms with Crippen LogP contribution in [0.1, 0.15) is 31.2 Å². The van der Waals surface area contributed by atoms with Crippen LogP contribution < -0.4 is 0 Å². The van der Waals surface area contributed by atoms with E-state index in [4.69, 9.17) is 24.5 Å². The van der Waals surface area contributed by atoms with Crippen molar-refractivity contribution in [3.8, 4) is 0 Å². The van der Waals surface area contributed by atoms with E-state index in [1.807, 2.05) is 17.9 Å². The van der Waals surface area contributed by atoms with Crippen LogP contribution in [0.4, 0.5) is 26.3 Å². The number of nitrogens with zero attached hydrogens (tertiary/aromatic N) is 4. The number of aromatic nitrogens is 2. The third-order valence-corrected chi connectivity index (χ3v) is 6.27. The monoisotopic (exact) mass is 532 g/mol. The number of hydrogen-bond donors (Lipinski definition) is 2. The van der Waals surface area contributed by atoms with Gasteiger partial charge in [-0.15, -0.1) is 0 Å². The van der Waals surface area contributed by atoms with Crippen LogP contribution in [0.3, 0.4) is 0 Å². The van der Waals surface area contributed by atoms with Crippen molar-refractivity contribution in [2.75, 3.05) is 32.8 Å². The Labute approximate surface area is 203 Å². The molecule has 0 unspecified atom stereocenters. The molecule has 9 nitrogen and oxygen atoms in total. The average molecular weight is 532 g/mol. The molecule has 2 atom stereocenters. The molecule has 2 N–H and O–H groups in total. The van der Waals surface area contributed by atoms with Crippen LogP contribution in [0.25, 0.3) is 0 Å². The number of carboxylic acids is 2. The normalized spacial score (nSPS) is 23.3. The van der Waals surface area contributed by atoms with E-state index in [9.17, 15) is 26.3 Å². The summed E-state index contributed by atoms with van der Waals surface area (Å²) >= 11 is 0. The van der Waals surface area contributed by atoms with Gasteiger partial charge in [0.05, 0.1) is 6.20 Å². The van der Waals surface area contributed by atoms with Crippen molar-refractivity contribution >= 4 is 11.9 Å². The maximum atomic E-state index is 10.6. The number of hydrogen-bond acceptors (Lipinski definition) is 6. The zero-order valence-corrected chi connectivity index (χ0v) is 19.6. The van der Waals surface area contributed by atoms with Gasteiger partial charge in [-0.25, -0.2) is 9.59 Å². The summed E-state index contributed by atoms with van der Waals surface area (Å²) in [4.78, 5) is 23.3. The lowest BCUT2D eigenvalue weighted by Crippen LogP contribution is -2.39. The Bertz CT molecular complexity index is 833. The highest BCUT2D eigenvalue weighted by molar-refractivity contribution is 5.73. The van der Waals surface area contributed by atoms with Gasteiger partial charge in [-0.1, -0.05) is 0 Å². The quantitative estimate of drug-likeness (QED) is 0.571. The number of halogens is 6. The van der Waals surface area contributed by atoms with Crippen molar-refractivity contribution in [2.24, 2.45) is 13.0 Å². The lowest BCUT2D eigenvalue weighted by molar-refractivity contribution is -0.193. The third-order valence-electron chi connectivity index (χ3n) is 6.27. The van der Waals surface area contributed by atoms with Crippen molar-refractivity contribution in [1.29, 1.82) is 0 Å². The van der Waals surface area contributed by atoms with Crippen molar-refractivity contribution in [3.05, 3.63) is 18.0 Å². The fourth-order valence-electron chi connectivity index (χ4n) is 4.64. The Morgan fingerprint density at radius 3 is 1.86 bits per heavy atom. The van der Waals surface area contributed by atoms with Gasteiger partial charge in [-0.3, -0.25) is 14.5 Å². The Balaban J connectivity index is 0.000000271. The first-order valence-corrected chi connectivity index (χ1v) is 11.3. The van der Waals surface area contributed by atoms with Crippen molar-refractivity contribution in [3.63, 3.8) is 0 Å². The molecule has 3 aliphatic heterocycles. The minimum absolute atomic E-state index is 0.764. The number of aliphatic carboxylic acids is 2. The number of fused-ring (bicyclic) bond motifs is 1. The van der Waals surface area contributed by atoms with Gasteiger partial charge in [-0.05, 0) is 31.6 Å².